The van der Waals surface area contributed by atoms with Crippen LogP contribution in [0.25, 0.3) is 0 Å². The van der Waals surface area contributed by atoms with Gasteiger partial charge in [-0.25, -0.2) is 4.39 Å². The van der Waals surface area contributed by atoms with Crippen LogP contribution in [0.15, 0.2) is 0 Å². The predicted molar refractivity (Wildman–Crippen MR) is 141 cm³/mol. The van der Waals surface area contributed by atoms with E-state index in [-0.39, 0.29) is 11.3 Å². The normalized spacial score (nSPS) is 41.3. The molecular formula is C31H55FO2. The Kier molecular flexibility index (Phi) is 10.3. The standard InChI is InChI=1S/C31H55FO2/c1-5-9-10-23-11-13-24(14-12-23)25-15-17-26(18-16-25)30(19-6-2)21-22-31(20-7-3,29(33)34)27(8-4)28(30)32/h23-28H,5-22H2,1-4H3,(H,33,34). The summed E-state index contributed by atoms with van der Waals surface area (Å²) in [7, 11) is 0. The third kappa shape index (κ3) is 5.54. The minimum atomic E-state index is -0.968. The van der Waals surface area contributed by atoms with Crippen LogP contribution in [0.2, 0.25) is 0 Å². The predicted octanol–water partition coefficient (Wildman–Crippen LogP) is 9.61. The zero-order chi connectivity index (χ0) is 24.8. The minimum absolute atomic E-state index is 0.287. The lowest BCUT2D eigenvalue weighted by Gasteiger charge is -2.56. The van der Waals surface area contributed by atoms with Crippen LogP contribution >= 0.6 is 0 Å². The maximum absolute atomic E-state index is 16.7. The summed E-state index contributed by atoms with van der Waals surface area (Å²) in [5, 5.41) is 10.2. The zero-order valence-corrected chi connectivity index (χ0v) is 22.9. The molecule has 0 heterocycles. The Morgan fingerprint density at radius 3 is 1.91 bits per heavy atom. The molecule has 3 aliphatic carbocycles. The van der Waals surface area contributed by atoms with Gasteiger partial charge in [0.15, 0.2) is 0 Å². The lowest BCUT2D eigenvalue weighted by molar-refractivity contribution is -0.173. The molecule has 0 radical (unpaired) electrons. The molecule has 1 N–H and O–H groups in total. The van der Waals surface area contributed by atoms with Crippen LogP contribution in [0.5, 0.6) is 0 Å². The van der Waals surface area contributed by atoms with Gasteiger partial charge in [-0.1, -0.05) is 72.6 Å². The van der Waals surface area contributed by atoms with Gasteiger partial charge in [0.25, 0.3) is 0 Å². The first kappa shape index (κ1) is 28.0. The second kappa shape index (κ2) is 12.6. The summed E-state index contributed by atoms with van der Waals surface area (Å²) in [6, 6.07) is 0. The minimum Gasteiger partial charge on any atom is -0.481 e. The van der Waals surface area contributed by atoms with Crippen molar-refractivity contribution in [3.05, 3.63) is 0 Å². The molecule has 0 bridgehead atoms. The number of unbranched alkanes of at least 4 members (excludes halogenated alkanes) is 1. The molecule has 2 nitrogen and oxygen atoms in total. The van der Waals surface area contributed by atoms with Crippen molar-refractivity contribution in [3.63, 3.8) is 0 Å². The summed E-state index contributed by atoms with van der Waals surface area (Å²) >= 11 is 0. The summed E-state index contributed by atoms with van der Waals surface area (Å²) in [4.78, 5) is 12.5. The fraction of sp³-hybridized carbons (Fsp3) is 0.968. The molecule has 4 atom stereocenters. The quantitative estimate of drug-likeness (QED) is 0.321. The van der Waals surface area contributed by atoms with Gasteiger partial charge in [-0.15, -0.1) is 0 Å². The lowest BCUT2D eigenvalue weighted by atomic mass is 9.49. The average Bonchev–Trinajstić information content (AvgIpc) is 2.85. The van der Waals surface area contributed by atoms with E-state index in [9.17, 15) is 9.90 Å². The Bertz CT molecular complexity index is 619. The van der Waals surface area contributed by atoms with Crippen molar-refractivity contribution in [1.29, 1.82) is 0 Å². The van der Waals surface area contributed by atoms with Crippen LogP contribution in [-0.2, 0) is 4.79 Å². The molecule has 3 rings (SSSR count). The smallest absolute Gasteiger partial charge is 0.310 e. The SMILES string of the molecule is CCCCC1CCC(C2CCC(C3(CCC)CCC(CCC)(C(=O)O)C(CC)C3F)CC2)CC1. The van der Waals surface area contributed by atoms with Crippen LogP contribution in [0.1, 0.15) is 143 Å². The van der Waals surface area contributed by atoms with Crippen LogP contribution in [0.3, 0.4) is 0 Å². The number of aliphatic carboxylic acids is 1. The summed E-state index contributed by atoms with van der Waals surface area (Å²) in [5.41, 5.74) is -1.14. The highest BCUT2D eigenvalue weighted by atomic mass is 19.1. The highest BCUT2D eigenvalue weighted by molar-refractivity contribution is 5.75. The van der Waals surface area contributed by atoms with E-state index >= 15 is 4.39 Å². The number of rotatable bonds is 11. The van der Waals surface area contributed by atoms with Crippen LogP contribution < -0.4 is 0 Å². The van der Waals surface area contributed by atoms with E-state index in [2.05, 4.69) is 20.8 Å². The van der Waals surface area contributed by atoms with Gasteiger partial charge < -0.3 is 5.11 Å². The largest absolute Gasteiger partial charge is 0.481 e. The maximum atomic E-state index is 16.7. The molecule has 3 aliphatic rings. The Hall–Kier alpha value is -0.600. The second-order valence-corrected chi connectivity index (χ2v) is 12.6. The van der Waals surface area contributed by atoms with Crippen molar-refractivity contribution in [3.8, 4) is 0 Å². The van der Waals surface area contributed by atoms with Gasteiger partial charge in [0.1, 0.15) is 6.17 Å². The Morgan fingerprint density at radius 2 is 1.41 bits per heavy atom. The number of carbonyl (C=O) groups is 1. The number of hydrogen-bond acceptors (Lipinski definition) is 1. The van der Waals surface area contributed by atoms with Crippen molar-refractivity contribution in [2.75, 3.05) is 0 Å². The van der Waals surface area contributed by atoms with Gasteiger partial charge in [0.2, 0.25) is 0 Å². The third-order valence-electron chi connectivity index (χ3n) is 11.0. The van der Waals surface area contributed by atoms with Gasteiger partial charge in [-0.3, -0.25) is 4.79 Å². The van der Waals surface area contributed by atoms with Crippen LogP contribution in [0, 0.1) is 40.4 Å². The maximum Gasteiger partial charge on any atom is 0.310 e. The fourth-order valence-electron chi connectivity index (χ4n) is 9.15. The van der Waals surface area contributed by atoms with Gasteiger partial charge >= 0.3 is 5.97 Å². The highest BCUT2D eigenvalue weighted by Crippen LogP contribution is 2.61. The topological polar surface area (TPSA) is 37.3 Å². The van der Waals surface area contributed by atoms with E-state index in [0.29, 0.717) is 25.2 Å². The van der Waals surface area contributed by atoms with Crippen molar-refractivity contribution in [2.45, 2.75) is 149 Å². The van der Waals surface area contributed by atoms with E-state index in [0.717, 1.165) is 43.4 Å². The molecule has 34 heavy (non-hydrogen) atoms. The van der Waals surface area contributed by atoms with Gasteiger partial charge in [0.05, 0.1) is 5.41 Å². The summed E-state index contributed by atoms with van der Waals surface area (Å²) in [5.74, 6) is 2.10. The van der Waals surface area contributed by atoms with Gasteiger partial charge in [-0.05, 0) is 94.3 Å². The average molecular weight is 479 g/mol. The molecule has 0 aromatic heterocycles. The van der Waals surface area contributed by atoms with Gasteiger partial charge in [0, 0.05) is 11.3 Å². The molecule has 0 spiro atoms. The molecule has 0 saturated heterocycles. The van der Waals surface area contributed by atoms with E-state index in [1.807, 2.05) is 6.92 Å². The number of alkyl halides is 1. The molecule has 0 aromatic carbocycles. The first-order chi connectivity index (χ1) is 16.4. The zero-order valence-electron chi connectivity index (χ0n) is 22.9. The first-order valence-corrected chi connectivity index (χ1v) is 15.3. The van der Waals surface area contributed by atoms with Crippen molar-refractivity contribution < 1.29 is 14.3 Å². The lowest BCUT2D eigenvalue weighted by Crippen LogP contribution is -2.56. The van der Waals surface area contributed by atoms with Crippen molar-refractivity contribution in [2.24, 2.45) is 40.4 Å². The molecule has 0 amide bonds. The number of carboxylic acids is 1. The Balaban J connectivity index is 1.66. The van der Waals surface area contributed by atoms with Crippen LogP contribution in [-0.4, -0.2) is 17.2 Å². The van der Waals surface area contributed by atoms with E-state index in [1.54, 1.807) is 0 Å². The monoisotopic (exact) mass is 478 g/mol. The molecule has 0 aromatic rings. The molecule has 3 heteroatoms. The Morgan fingerprint density at radius 1 is 0.824 bits per heavy atom. The fourth-order valence-corrected chi connectivity index (χ4v) is 9.15. The number of hydrogen-bond donors (Lipinski definition) is 1. The highest BCUT2D eigenvalue weighted by Gasteiger charge is 2.60. The van der Waals surface area contributed by atoms with Crippen LogP contribution in [0.4, 0.5) is 4.39 Å². The third-order valence-corrected chi connectivity index (χ3v) is 11.0. The molecular weight excluding hydrogens is 423 g/mol. The Labute approximate surface area is 210 Å². The molecule has 0 aliphatic heterocycles. The van der Waals surface area contributed by atoms with E-state index < -0.39 is 17.6 Å². The second-order valence-electron chi connectivity index (χ2n) is 12.6. The molecule has 3 saturated carbocycles. The molecule has 4 unspecified atom stereocenters. The van der Waals surface area contributed by atoms with E-state index in [4.69, 9.17) is 0 Å². The number of carboxylic acid groups (broad SMARTS) is 1. The number of halogens is 1. The first-order valence-electron chi connectivity index (χ1n) is 15.3. The van der Waals surface area contributed by atoms with E-state index in [1.165, 1.54) is 70.6 Å². The van der Waals surface area contributed by atoms with Crippen molar-refractivity contribution in [1.82, 2.24) is 0 Å². The summed E-state index contributed by atoms with van der Waals surface area (Å²) in [6.45, 7) is 8.58. The molecule has 198 valence electrons. The van der Waals surface area contributed by atoms with Crippen molar-refractivity contribution >= 4 is 5.97 Å². The molecule has 3 fully saturated rings. The summed E-state index contributed by atoms with van der Waals surface area (Å²) < 4.78 is 16.7. The summed E-state index contributed by atoms with van der Waals surface area (Å²) in [6.07, 6.45) is 19.3. The van der Waals surface area contributed by atoms with Gasteiger partial charge in [-0.2, -0.15) is 0 Å².